The van der Waals surface area contributed by atoms with Crippen LogP contribution in [0.5, 0.6) is 0 Å². The highest BCUT2D eigenvalue weighted by Gasteiger charge is 2.19. The number of rotatable bonds is 5. The molecule has 0 aliphatic rings. The third-order valence-electron chi connectivity index (χ3n) is 2.98. The van der Waals surface area contributed by atoms with Crippen molar-refractivity contribution < 1.29 is 9.84 Å². The lowest BCUT2D eigenvalue weighted by atomic mass is 9.96. The zero-order valence-electron chi connectivity index (χ0n) is 10.5. The summed E-state index contributed by atoms with van der Waals surface area (Å²) >= 11 is 0. The van der Waals surface area contributed by atoms with Crippen LogP contribution in [0.1, 0.15) is 44.1 Å². The minimum Gasteiger partial charge on any atom is -0.388 e. The molecule has 16 heavy (non-hydrogen) atoms. The number of aliphatic hydroxyl groups is 1. The highest BCUT2D eigenvalue weighted by Crippen LogP contribution is 2.25. The first-order chi connectivity index (χ1) is 7.46. The smallest absolute Gasteiger partial charge is 0.0808 e. The lowest BCUT2D eigenvalue weighted by Gasteiger charge is -2.24. The van der Waals surface area contributed by atoms with Gasteiger partial charge >= 0.3 is 0 Å². The SMILES string of the molecule is COC(C)(C)CCC(O)c1cccnc1C. The molecule has 1 heterocycles. The summed E-state index contributed by atoms with van der Waals surface area (Å²) in [4.78, 5) is 4.17. The fraction of sp³-hybridized carbons (Fsp3) is 0.615. The average molecular weight is 223 g/mol. The van der Waals surface area contributed by atoms with Gasteiger partial charge in [-0.15, -0.1) is 0 Å². The molecule has 0 saturated heterocycles. The normalized spacial score (nSPS) is 13.8. The maximum Gasteiger partial charge on any atom is 0.0808 e. The maximum atomic E-state index is 10.1. The van der Waals surface area contributed by atoms with E-state index < -0.39 is 6.10 Å². The molecule has 0 aliphatic carbocycles. The third kappa shape index (κ3) is 3.58. The molecule has 1 aromatic heterocycles. The molecule has 0 bridgehead atoms. The van der Waals surface area contributed by atoms with Crippen LogP contribution < -0.4 is 0 Å². The Bertz CT molecular complexity index is 336. The molecule has 1 N–H and O–H groups in total. The molecule has 3 nitrogen and oxygen atoms in total. The molecular weight excluding hydrogens is 202 g/mol. The van der Waals surface area contributed by atoms with Crippen molar-refractivity contribution in [3.8, 4) is 0 Å². The predicted molar refractivity (Wildman–Crippen MR) is 64.3 cm³/mol. The number of hydrogen-bond donors (Lipinski definition) is 1. The average Bonchev–Trinajstić information content (AvgIpc) is 2.27. The minimum absolute atomic E-state index is 0.183. The molecular formula is C13H21NO2. The topological polar surface area (TPSA) is 42.4 Å². The van der Waals surface area contributed by atoms with E-state index in [1.165, 1.54) is 0 Å². The first kappa shape index (κ1) is 13.1. The van der Waals surface area contributed by atoms with Gasteiger partial charge < -0.3 is 9.84 Å². The Kier molecular flexibility index (Phi) is 4.44. The third-order valence-corrected chi connectivity index (χ3v) is 2.98. The number of nitrogens with zero attached hydrogens (tertiary/aromatic N) is 1. The molecule has 0 amide bonds. The molecule has 0 spiro atoms. The number of aromatic nitrogens is 1. The van der Waals surface area contributed by atoms with Crippen LogP contribution >= 0.6 is 0 Å². The Morgan fingerprint density at radius 1 is 1.50 bits per heavy atom. The van der Waals surface area contributed by atoms with Crippen LogP contribution in [0.4, 0.5) is 0 Å². The van der Waals surface area contributed by atoms with Crippen molar-refractivity contribution in [3.05, 3.63) is 29.6 Å². The molecule has 0 aliphatic heterocycles. The van der Waals surface area contributed by atoms with Gasteiger partial charge in [-0.2, -0.15) is 0 Å². The number of aryl methyl sites for hydroxylation is 1. The predicted octanol–water partition coefficient (Wildman–Crippen LogP) is 2.63. The molecule has 1 aromatic rings. The Balaban J connectivity index is 2.60. The first-order valence-electron chi connectivity index (χ1n) is 5.61. The second-order valence-electron chi connectivity index (χ2n) is 4.70. The molecule has 1 atom stereocenters. The molecule has 3 heteroatoms. The molecule has 0 saturated carbocycles. The highest BCUT2D eigenvalue weighted by molar-refractivity contribution is 5.20. The van der Waals surface area contributed by atoms with Crippen molar-refractivity contribution >= 4 is 0 Å². The highest BCUT2D eigenvalue weighted by atomic mass is 16.5. The van der Waals surface area contributed by atoms with Crippen molar-refractivity contribution in [1.82, 2.24) is 4.98 Å². The van der Waals surface area contributed by atoms with Gasteiger partial charge in [-0.1, -0.05) is 6.07 Å². The molecule has 0 aromatic carbocycles. The van der Waals surface area contributed by atoms with Gasteiger partial charge in [0.15, 0.2) is 0 Å². The van der Waals surface area contributed by atoms with Crippen LogP contribution in [-0.2, 0) is 4.74 Å². The fourth-order valence-electron chi connectivity index (χ4n) is 1.59. The Labute approximate surface area is 97.5 Å². The summed E-state index contributed by atoms with van der Waals surface area (Å²) < 4.78 is 5.33. The van der Waals surface area contributed by atoms with E-state index in [9.17, 15) is 5.11 Å². The van der Waals surface area contributed by atoms with Gasteiger partial charge in [-0.05, 0) is 39.7 Å². The largest absolute Gasteiger partial charge is 0.388 e. The summed E-state index contributed by atoms with van der Waals surface area (Å²) in [5.41, 5.74) is 1.62. The minimum atomic E-state index is -0.455. The zero-order chi connectivity index (χ0) is 12.2. The van der Waals surface area contributed by atoms with E-state index in [2.05, 4.69) is 4.98 Å². The Morgan fingerprint density at radius 2 is 2.19 bits per heavy atom. The number of ether oxygens (including phenoxy) is 1. The molecule has 1 unspecified atom stereocenters. The molecule has 0 radical (unpaired) electrons. The van der Waals surface area contributed by atoms with Crippen LogP contribution in [0.2, 0.25) is 0 Å². The van der Waals surface area contributed by atoms with E-state index in [1.54, 1.807) is 13.3 Å². The first-order valence-corrected chi connectivity index (χ1v) is 5.61. The van der Waals surface area contributed by atoms with Crippen LogP contribution in [0.15, 0.2) is 18.3 Å². The van der Waals surface area contributed by atoms with Gasteiger partial charge in [0.25, 0.3) is 0 Å². The van der Waals surface area contributed by atoms with Gasteiger partial charge in [-0.25, -0.2) is 0 Å². The fourth-order valence-corrected chi connectivity index (χ4v) is 1.59. The zero-order valence-corrected chi connectivity index (χ0v) is 10.5. The van der Waals surface area contributed by atoms with Gasteiger partial charge in [0.2, 0.25) is 0 Å². The van der Waals surface area contributed by atoms with Gasteiger partial charge in [0.1, 0.15) is 0 Å². The lowest BCUT2D eigenvalue weighted by Crippen LogP contribution is -2.23. The summed E-state index contributed by atoms with van der Waals surface area (Å²) in [6, 6.07) is 3.78. The quantitative estimate of drug-likeness (QED) is 0.834. The second-order valence-corrected chi connectivity index (χ2v) is 4.70. The van der Waals surface area contributed by atoms with Crippen LogP contribution in [-0.4, -0.2) is 22.8 Å². The summed E-state index contributed by atoms with van der Waals surface area (Å²) in [6.45, 7) is 5.96. The van der Waals surface area contributed by atoms with Crippen molar-refractivity contribution in [2.24, 2.45) is 0 Å². The van der Waals surface area contributed by atoms with E-state index >= 15 is 0 Å². The number of pyridine rings is 1. The van der Waals surface area contributed by atoms with E-state index in [0.717, 1.165) is 17.7 Å². The number of aliphatic hydroxyl groups excluding tert-OH is 1. The summed E-state index contributed by atoms with van der Waals surface area (Å²) in [7, 11) is 1.70. The van der Waals surface area contributed by atoms with E-state index in [0.29, 0.717) is 6.42 Å². The van der Waals surface area contributed by atoms with Crippen molar-refractivity contribution in [3.63, 3.8) is 0 Å². The van der Waals surface area contributed by atoms with Crippen LogP contribution in [0, 0.1) is 6.92 Å². The van der Waals surface area contributed by atoms with Gasteiger partial charge in [-0.3, -0.25) is 4.98 Å². The van der Waals surface area contributed by atoms with Crippen molar-refractivity contribution in [1.29, 1.82) is 0 Å². The van der Waals surface area contributed by atoms with E-state index in [4.69, 9.17) is 4.74 Å². The second kappa shape index (κ2) is 5.41. The Morgan fingerprint density at radius 3 is 2.75 bits per heavy atom. The number of hydrogen-bond acceptors (Lipinski definition) is 3. The molecule has 1 rings (SSSR count). The summed E-state index contributed by atoms with van der Waals surface area (Å²) in [5, 5.41) is 10.1. The Hall–Kier alpha value is -0.930. The molecule has 0 fully saturated rings. The number of methoxy groups -OCH3 is 1. The van der Waals surface area contributed by atoms with Crippen LogP contribution in [0.25, 0.3) is 0 Å². The monoisotopic (exact) mass is 223 g/mol. The molecule has 90 valence electrons. The van der Waals surface area contributed by atoms with Crippen molar-refractivity contribution in [2.45, 2.75) is 45.3 Å². The van der Waals surface area contributed by atoms with Gasteiger partial charge in [0.05, 0.1) is 11.7 Å². The summed E-state index contributed by atoms with van der Waals surface area (Å²) in [5.74, 6) is 0. The van der Waals surface area contributed by atoms with Gasteiger partial charge in [0, 0.05) is 24.6 Å². The van der Waals surface area contributed by atoms with Crippen LogP contribution in [0.3, 0.4) is 0 Å². The maximum absolute atomic E-state index is 10.1. The standard InChI is InChI=1S/C13H21NO2/c1-10-11(6-5-9-14-10)12(15)7-8-13(2,3)16-4/h5-6,9,12,15H,7-8H2,1-4H3. The van der Waals surface area contributed by atoms with E-state index in [-0.39, 0.29) is 5.60 Å². The summed E-state index contributed by atoms with van der Waals surface area (Å²) in [6.07, 6.45) is 2.79. The van der Waals surface area contributed by atoms with Crippen molar-refractivity contribution in [2.75, 3.05) is 7.11 Å². The lowest BCUT2D eigenvalue weighted by molar-refractivity contribution is 0.00270. The van der Waals surface area contributed by atoms with E-state index in [1.807, 2.05) is 32.9 Å².